The summed E-state index contributed by atoms with van der Waals surface area (Å²) in [4.78, 5) is 52.9. The van der Waals surface area contributed by atoms with Gasteiger partial charge in [0, 0.05) is 18.7 Å². The fourth-order valence-electron chi connectivity index (χ4n) is 4.03. The first-order chi connectivity index (χ1) is 14.2. The van der Waals surface area contributed by atoms with E-state index in [1.54, 1.807) is 4.90 Å². The largest absolute Gasteiger partial charge is 0.452 e. The van der Waals surface area contributed by atoms with Crippen LogP contribution in [0.2, 0.25) is 0 Å². The lowest BCUT2D eigenvalue weighted by Crippen LogP contribution is -2.44. The number of rotatable bonds is 7. The molecule has 0 aromatic heterocycles. The summed E-state index contributed by atoms with van der Waals surface area (Å²) in [6, 6.07) is 4.22. The molecular formula is C22H28N2O6. The first-order valence-corrected chi connectivity index (χ1v) is 10.3. The van der Waals surface area contributed by atoms with Crippen LogP contribution in [0.25, 0.3) is 0 Å². The Morgan fingerprint density at radius 1 is 1.13 bits per heavy atom. The van der Waals surface area contributed by atoms with E-state index in [4.69, 9.17) is 9.47 Å². The number of carbonyl (C=O) groups excluding carboxylic acids is 4. The molecule has 0 aliphatic carbocycles. The quantitative estimate of drug-likeness (QED) is 0.500. The van der Waals surface area contributed by atoms with Gasteiger partial charge in [-0.2, -0.15) is 0 Å². The van der Waals surface area contributed by atoms with Crippen LogP contribution in [-0.4, -0.2) is 71.4 Å². The normalized spacial score (nSPS) is 18.3. The minimum Gasteiger partial charge on any atom is -0.452 e. The monoisotopic (exact) mass is 416 g/mol. The van der Waals surface area contributed by atoms with Crippen molar-refractivity contribution in [3.8, 4) is 0 Å². The molecule has 0 bridgehead atoms. The molecular weight excluding hydrogens is 388 g/mol. The number of hydrogen-bond donors (Lipinski definition) is 0. The van der Waals surface area contributed by atoms with E-state index in [1.165, 1.54) is 23.1 Å². The van der Waals surface area contributed by atoms with Crippen molar-refractivity contribution >= 4 is 23.7 Å². The molecule has 1 unspecified atom stereocenters. The number of benzene rings is 1. The van der Waals surface area contributed by atoms with Gasteiger partial charge in [-0.05, 0) is 58.7 Å². The van der Waals surface area contributed by atoms with Crippen molar-refractivity contribution in [3.05, 3.63) is 34.9 Å². The smallest absolute Gasteiger partial charge is 0.338 e. The molecule has 1 aromatic rings. The van der Waals surface area contributed by atoms with Gasteiger partial charge in [-0.15, -0.1) is 0 Å². The van der Waals surface area contributed by atoms with E-state index >= 15 is 0 Å². The van der Waals surface area contributed by atoms with E-state index < -0.39 is 11.9 Å². The molecule has 30 heavy (non-hydrogen) atoms. The maximum atomic E-state index is 12.7. The Labute approximate surface area is 176 Å². The van der Waals surface area contributed by atoms with Crippen molar-refractivity contribution < 1.29 is 28.7 Å². The predicted octanol–water partition coefficient (Wildman–Crippen LogP) is 2.26. The van der Waals surface area contributed by atoms with Gasteiger partial charge in [-0.25, -0.2) is 4.79 Å². The molecule has 3 rings (SSSR count). The van der Waals surface area contributed by atoms with Crippen molar-refractivity contribution in [2.45, 2.75) is 58.7 Å². The Kier molecular flexibility index (Phi) is 6.55. The summed E-state index contributed by atoms with van der Waals surface area (Å²) in [7, 11) is 0. The fourth-order valence-corrected chi connectivity index (χ4v) is 4.03. The highest BCUT2D eigenvalue weighted by Gasteiger charge is 2.38. The average molecular weight is 416 g/mol. The van der Waals surface area contributed by atoms with Crippen LogP contribution in [-0.2, 0) is 14.3 Å². The molecule has 1 fully saturated rings. The van der Waals surface area contributed by atoms with E-state index in [0.717, 1.165) is 12.8 Å². The third-order valence-corrected chi connectivity index (χ3v) is 5.34. The first kappa shape index (κ1) is 22.0. The second-order valence-electron chi connectivity index (χ2n) is 8.18. The van der Waals surface area contributed by atoms with Crippen molar-refractivity contribution in [2.75, 3.05) is 19.8 Å². The van der Waals surface area contributed by atoms with Crippen LogP contribution >= 0.6 is 0 Å². The van der Waals surface area contributed by atoms with Gasteiger partial charge in [-0.1, -0.05) is 0 Å². The summed E-state index contributed by atoms with van der Waals surface area (Å²) in [6.45, 7) is 8.03. The summed E-state index contributed by atoms with van der Waals surface area (Å²) in [5.74, 6) is -1.83. The van der Waals surface area contributed by atoms with Crippen molar-refractivity contribution in [2.24, 2.45) is 0 Å². The molecule has 8 heteroatoms. The molecule has 1 aromatic carbocycles. The zero-order valence-electron chi connectivity index (χ0n) is 17.8. The van der Waals surface area contributed by atoms with Gasteiger partial charge < -0.3 is 14.4 Å². The molecule has 0 saturated carbocycles. The molecule has 2 aliphatic heterocycles. The molecule has 1 saturated heterocycles. The van der Waals surface area contributed by atoms with Crippen LogP contribution in [0.1, 0.15) is 71.6 Å². The van der Waals surface area contributed by atoms with Crippen LogP contribution in [0.5, 0.6) is 0 Å². The van der Waals surface area contributed by atoms with Gasteiger partial charge in [0.25, 0.3) is 17.7 Å². The van der Waals surface area contributed by atoms with E-state index in [2.05, 4.69) is 0 Å². The van der Waals surface area contributed by atoms with Gasteiger partial charge in [0.2, 0.25) is 0 Å². The number of imide groups is 1. The third kappa shape index (κ3) is 4.38. The summed E-state index contributed by atoms with van der Waals surface area (Å²) < 4.78 is 10.7. The highest BCUT2D eigenvalue weighted by molar-refractivity contribution is 6.22. The zero-order valence-corrected chi connectivity index (χ0v) is 17.8. The highest BCUT2D eigenvalue weighted by atomic mass is 16.5. The van der Waals surface area contributed by atoms with Crippen LogP contribution < -0.4 is 0 Å². The standard InChI is InChI=1S/C22H28N2O6/c1-13(2)24(14(3)4)19(25)12-30-22(28)15-7-8-17-18(10-15)21(27)23(20(17)26)11-16-6-5-9-29-16/h7-8,10,13-14,16H,5-6,9,11-12H2,1-4H3. The number of nitrogens with zero attached hydrogens (tertiary/aromatic N) is 2. The SMILES string of the molecule is CC(C)N(C(=O)COC(=O)c1ccc2c(c1)C(=O)N(CC1CCCO1)C2=O)C(C)C. The van der Waals surface area contributed by atoms with Crippen LogP contribution in [0.15, 0.2) is 18.2 Å². The Morgan fingerprint density at radius 3 is 2.40 bits per heavy atom. The van der Waals surface area contributed by atoms with Gasteiger partial charge in [0.1, 0.15) is 0 Å². The van der Waals surface area contributed by atoms with Crippen LogP contribution in [0.3, 0.4) is 0 Å². The van der Waals surface area contributed by atoms with Gasteiger partial charge in [0.05, 0.1) is 29.3 Å². The molecule has 2 heterocycles. The number of esters is 1. The first-order valence-electron chi connectivity index (χ1n) is 10.3. The lowest BCUT2D eigenvalue weighted by Gasteiger charge is -2.30. The Bertz CT molecular complexity index is 849. The maximum absolute atomic E-state index is 12.7. The van der Waals surface area contributed by atoms with Crippen molar-refractivity contribution in [3.63, 3.8) is 0 Å². The number of amides is 3. The summed E-state index contributed by atoms with van der Waals surface area (Å²) in [6.07, 6.45) is 1.57. The lowest BCUT2D eigenvalue weighted by molar-refractivity contribution is -0.138. The third-order valence-electron chi connectivity index (χ3n) is 5.34. The Balaban J connectivity index is 1.67. The molecule has 3 amide bonds. The number of hydrogen-bond acceptors (Lipinski definition) is 6. The van der Waals surface area contributed by atoms with Gasteiger partial charge in [0.15, 0.2) is 6.61 Å². The van der Waals surface area contributed by atoms with E-state index in [9.17, 15) is 19.2 Å². The maximum Gasteiger partial charge on any atom is 0.338 e. The van der Waals surface area contributed by atoms with Crippen molar-refractivity contribution in [1.82, 2.24) is 9.80 Å². The predicted molar refractivity (Wildman–Crippen MR) is 108 cm³/mol. The zero-order chi connectivity index (χ0) is 22.0. The van der Waals surface area contributed by atoms with Crippen LogP contribution in [0, 0.1) is 0 Å². The molecule has 0 N–H and O–H groups in total. The molecule has 162 valence electrons. The minimum absolute atomic E-state index is 0.0188. The highest BCUT2D eigenvalue weighted by Crippen LogP contribution is 2.26. The summed E-state index contributed by atoms with van der Waals surface area (Å²) >= 11 is 0. The van der Waals surface area contributed by atoms with Crippen LogP contribution in [0.4, 0.5) is 0 Å². The number of carbonyl (C=O) groups is 4. The second-order valence-corrected chi connectivity index (χ2v) is 8.18. The minimum atomic E-state index is -0.712. The number of fused-ring (bicyclic) bond motifs is 1. The average Bonchev–Trinajstić information content (AvgIpc) is 3.28. The topological polar surface area (TPSA) is 93.2 Å². The Morgan fingerprint density at radius 2 is 1.80 bits per heavy atom. The molecule has 1 atom stereocenters. The molecule has 8 nitrogen and oxygen atoms in total. The summed E-state index contributed by atoms with van der Waals surface area (Å²) in [5.41, 5.74) is 0.559. The molecule has 0 spiro atoms. The summed E-state index contributed by atoms with van der Waals surface area (Å²) in [5, 5.41) is 0. The fraction of sp³-hybridized carbons (Fsp3) is 0.545. The molecule has 2 aliphatic rings. The second kappa shape index (κ2) is 8.95. The number of ether oxygens (including phenoxy) is 2. The van der Waals surface area contributed by atoms with Crippen molar-refractivity contribution in [1.29, 1.82) is 0 Å². The van der Waals surface area contributed by atoms with E-state index in [0.29, 0.717) is 6.61 Å². The van der Waals surface area contributed by atoms with E-state index in [1.807, 2.05) is 27.7 Å². The molecule has 0 radical (unpaired) electrons. The lowest BCUT2D eigenvalue weighted by atomic mass is 10.1. The Hall–Kier alpha value is -2.74. The van der Waals surface area contributed by atoms with E-state index in [-0.39, 0.29) is 59.8 Å². The van der Waals surface area contributed by atoms with Gasteiger partial charge >= 0.3 is 5.97 Å². The van der Waals surface area contributed by atoms with Gasteiger partial charge in [-0.3, -0.25) is 19.3 Å².